The van der Waals surface area contributed by atoms with Crippen LogP contribution in [0.2, 0.25) is 0 Å². The smallest absolute Gasteiger partial charge is 0.410 e. The van der Waals surface area contributed by atoms with E-state index in [9.17, 15) is 4.79 Å². The van der Waals surface area contributed by atoms with E-state index < -0.39 is 6.09 Å². The third-order valence-corrected chi connectivity index (χ3v) is 2.23. The van der Waals surface area contributed by atoms with Crippen molar-refractivity contribution in [3.63, 3.8) is 0 Å². The highest BCUT2D eigenvalue weighted by molar-refractivity contribution is 5.68. The van der Waals surface area contributed by atoms with E-state index >= 15 is 0 Å². The number of rotatable bonds is 5. The Balaban J connectivity index is 2.30. The molecule has 1 N–H and O–H groups in total. The lowest BCUT2D eigenvalue weighted by Crippen LogP contribution is -2.24. The standard InChI is InChI=1S/C14H19NO2/c1-2-3-9-12-15-14(16)17-13-10-7-5-4-6-8-11-13/h4-8,10-11H,2-3,9,12H2,1H3,(H,15,16)/b5-4-,6-4?,7-5?,8-6+,10-7?,11-8?,13-10?,13-11?. The molecule has 0 aromatic rings. The zero-order valence-corrected chi connectivity index (χ0v) is 10.2. The molecule has 0 unspecified atom stereocenters. The van der Waals surface area contributed by atoms with Crippen LogP contribution >= 0.6 is 0 Å². The summed E-state index contributed by atoms with van der Waals surface area (Å²) >= 11 is 0. The Kier molecular flexibility index (Phi) is 6.56. The lowest BCUT2D eigenvalue weighted by Gasteiger charge is -2.06. The summed E-state index contributed by atoms with van der Waals surface area (Å²) < 4.78 is 5.15. The second-order valence-electron chi connectivity index (χ2n) is 3.72. The SMILES string of the molecule is CCCCCNC(=O)OC1=C/C=C/C=C\C=C1. The van der Waals surface area contributed by atoms with Crippen molar-refractivity contribution in [2.24, 2.45) is 0 Å². The Hall–Kier alpha value is -1.77. The van der Waals surface area contributed by atoms with Gasteiger partial charge in [0.25, 0.3) is 0 Å². The van der Waals surface area contributed by atoms with E-state index in [1.54, 1.807) is 12.2 Å². The van der Waals surface area contributed by atoms with Gasteiger partial charge in [0.05, 0.1) is 0 Å². The quantitative estimate of drug-likeness (QED) is 0.738. The van der Waals surface area contributed by atoms with Gasteiger partial charge in [-0.25, -0.2) is 4.79 Å². The molecule has 0 aromatic carbocycles. The van der Waals surface area contributed by atoms with Gasteiger partial charge in [-0.15, -0.1) is 0 Å². The van der Waals surface area contributed by atoms with Crippen LogP contribution in [0.5, 0.6) is 0 Å². The van der Waals surface area contributed by atoms with Gasteiger partial charge in [-0.05, 0) is 18.6 Å². The van der Waals surface area contributed by atoms with E-state index in [-0.39, 0.29) is 0 Å². The lowest BCUT2D eigenvalue weighted by molar-refractivity contribution is 0.179. The second-order valence-corrected chi connectivity index (χ2v) is 3.72. The van der Waals surface area contributed by atoms with Crippen molar-refractivity contribution < 1.29 is 9.53 Å². The molecule has 0 saturated heterocycles. The van der Waals surface area contributed by atoms with E-state index in [2.05, 4.69) is 12.2 Å². The average Bonchev–Trinajstić information content (AvgIpc) is 2.28. The number of hydrogen-bond donors (Lipinski definition) is 1. The third kappa shape index (κ3) is 6.40. The minimum atomic E-state index is -0.394. The van der Waals surface area contributed by atoms with Crippen molar-refractivity contribution in [3.05, 3.63) is 48.3 Å². The lowest BCUT2D eigenvalue weighted by atomic mass is 10.2. The highest BCUT2D eigenvalue weighted by Crippen LogP contribution is 2.03. The van der Waals surface area contributed by atoms with E-state index in [1.807, 2.05) is 30.4 Å². The van der Waals surface area contributed by atoms with E-state index in [1.165, 1.54) is 0 Å². The molecule has 3 nitrogen and oxygen atoms in total. The van der Waals surface area contributed by atoms with Crippen LogP contribution in [0.1, 0.15) is 26.2 Å². The van der Waals surface area contributed by atoms with Crippen LogP contribution in [-0.4, -0.2) is 12.6 Å². The van der Waals surface area contributed by atoms with Gasteiger partial charge in [0.15, 0.2) is 0 Å². The second kappa shape index (κ2) is 8.39. The number of amides is 1. The molecular weight excluding hydrogens is 214 g/mol. The number of carbonyl (C=O) groups is 1. The maximum absolute atomic E-state index is 11.4. The molecule has 92 valence electrons. The molecule has 1 aliphatic carbocycles. The van der Waals surface area contributed by atoms with Crippen molar-refractivity contribution in [1.29, 1.82) is 0 Å². The van der Waals surface area contributed by atoms with Crippen LogP contribution < -0.4 is 5.32 Å². The number of hydrogen-bond acceptors (Lipinski definition) is 2. The molecule has 3 heteroatoms. The maximum Gasteiger partial charge on any atom is 0.412 e. The summed E-state index contributed by atoms with van der Waals surface area (Å²) in [6, 6.07) is 0. The van der Waals surface area contributed by atoms with Crippen LogP contribution in [0.25, 0.3) is 0 Å². The van der Waals surface area contributed by atoms with Crippen LogP contribution in [-0.2, 0) is 4.74 Å². The first-order chi connectivity index (χ1) is 8.33. The van der Waals surface area contributed by atoms with E-state index in [4.69, 9.17) is 4.74 Å². The summed E-state index contributed by atoms with van der Waals surface area (Å²) in [4.78, 5) is 11.4. The third-order valence-electron chi connectivity index (χ3n) is 2.23. The first-order valence-electron chi connectivity index (χ1n) is 6.00. The fourth-order valence-electron chi connectivity index (χ4n) is 1.33. The molecular formula is C14H19NO2. The Morgan fingerprint density at radius 3 is 2.76 bits per heavy atom. The molecule has 0 radical (unpaired) electrons. The van der Waals surface area contributed by atoms with Crippen molar-refractivity contribution in [3.8, 4) is 0 Å². The van der Waals surface area contributed by atoms with Gasteiger partial charge in [0.2, 0.25) is 0 Å². The first kappa shape index (κ1) is 13.3. The number of nitrogens with one attached hydrogen (secondary N) is 1. The van der Waals surface area contributed by atoms with E-state index in [0.717, 1.165) is 19.3 Å². The minimum absolute atomic E-state index is 0.394. The van der Waals surface area contributed by atoms with Crippen LogP contribution in [0.15, 0.2) is 48.3 Å². The molecule has 0 saturated carbocycles. The van der Waals surface area contributed by atoms with Gasteiger partial charge in [-0.2, -0.15) is 0 Å². The highest BCUT2D eigenvalue weighted by Gasteiger charge is 2.02. The normalized spacial score (nSPS) is 17.6. The predicted molar refractivity (Wildman–Crippen MR) is 69.5 cm³/mol. The Labute approximate surface area is 103 Å². The molecule has 0 aromatic heterocycles. The summed E-state index contributed by atoms with van der Waals surface area (Å²) in [5.41, 5.74) is 0. The maximum atomic E-state index is 11.4. The summed E-state index contributed by atoms with van der Waals surface area (Å²) in [6.45, 7) is 2.79. The summed E-state index contributed by atoms with van der Waals surface area (Å²) in [5.74, 6) is 0.540. The molecule has 0 fully saturated rings. The fourth-order valence-corrected chi connectivity index (χ4v) is 1.33. The topological polar surface area (TPSA) is 38.3 Å². The Morgan fingerprint density at radius 1 is 1.18 bits per heavy atom. The molecule has 0 heterocycles. The zero-order valence-electron chi connectivity index (χ0n) is 10.2. The van der Waals surface area contributed by atoms with Gasteiger partial charge < -0.3 is 10.1 Å². The van der Waals surface area contributed by atoms with Crippen molar-refractivity contribution >= 4 is 6.09 Å². The molecule has 0 atom stereocenters. The molecule has 1 rings (SSSR count). The number of ether oxygens (including phenoxy) is 1. The highest BCUT2D eigenvalue weighted by atomic mass is 16.6. The molecule has 0 spiro atoms. The number of allylic oxidation sites excluding steroid dienone is 7. The summed E-state index contributed by atoms with van der Waals surface area (Å²) in [6.07, 6.45) is 15.7. The number of alkyl carbamates (subject to hydrolysis) is 1. The monoisotopic (exact) mass is 233 g/mol. The molecule has 0 aliphatic heterocycles. The summed E-state index contributed by atoms with van der Waals surface area (Å²) in [7, 11) is 0. The largest absolute Gasteiger partial charge is 0.412 e. The van der Waals surface area contributed by atoms with Crippen LogP contribution in [0.4, 0.5) is 4.79 Å². The Bertz CT molecular complexity index is 351. The molecule has 1 aliphatic rings. The minimum Gasteiger partial charge on any atom is -0.410 e. The van der Waals surface area contributed by atoms with Gasteiger partial charge >= 0.3 is 6.09 Å². The molecule has 1 amide bonds. The Morgan fingerprint density at radius 2 is 1.94 bits per heavy atom. The van der Waals surface area contributed by atoms with E-state index in [0.29, 0.717) is 12.3 Å². The number of unbranched alkanes of at least 4 members (excludes halogenated alkanes) is 2. The average molecular weight is 233 g/mol. The predicted octanol–water partition coefficient (Wildman–Crippen LogP) is 3.47. The van der Waals surface area contributed by atoms with Crippen LogP contribution in [0.3, 0.4) is 0 Å². The van der Waals surface area contributed by atoms with Crippen LogP contribution in [0, 0.1) is 0 Å². The van der Waals surface area contributed by atoms with Crippen molar-refractivity contribution in [2.45, 2.75) is 26.2 Å². The first-order valence-corrected chi connectivity index (χ1v) is 6.00. The van der Waals surface area contributed by atoms with Crippen molar-refractivity contribution in [1.82, 2.24) is 5.32 Å². The van der Waals surface area contributed by atoms with Crippen molar-refractivity contribution in [2.75, 3.05) is 6.54 Å². The van der Waals surface area contributed by atoms with Gasteiger partial charge in [-0.1, -0.05) is 50.1 Å². The summed E-state index contributed by atoms with van der Waals surface area (Å²) in [5, 5.41) is 2.72. The van der Waals surface area contributed by atoms with Gasteiger partial charge in [0.1, 0.15) is 5.76 Å². The number of carbonyl (C=O) groups excluding carboxylic acids is 1. The molecule has 0 bridgehead atoms. The fraction of sp³-hybridized carbons (Fsp3) is 0.357. The molecule has 17 heavy (non-hydrogen) atoms. The van der Waals surface area contributed by atoms with Gasteiger partial charge in [-0.3, -0.25) is 0 Å². The van der Waals surface area contributed by atoms with Gasteiger partial charge in [0, 0.05) is 6.54 Å². The zero-order chi connectivity index (χ0) is 12.3.